The number of halogens is 2. The zero-order chi connectivity index (χ0) is 11.4. The Labute approximate surface area is 107 Å². The molecule has 0 unspecified atom stereocenters. The maximum Gasteiger partial charge on any atom is 0.488 e. The van der Waals surface area contributed by atoms with Crippen LogP contribution in [0.15, 0.2) is 18.2 Å². The molecule has 1 aromatic rings. The van der Waals surface area contributed by atoms with E-state index in [9.17, 15) is 0 Å². The fourth-order valence-corrected chi connectivity index (χ4v) is 1.49. The van der Waals surface area contributed by atoms with Gasteiger partial charge in [-0.2, -0.15) is 0 Å². The first-order valence-electron chi connectivity index (χ1n) is 4.88. The maximum atomic E-state index is 9.15. The monoisotopic (exact) mass is 263 g/mol. The van der Waals surface area contributed by atoms with Crippen molar-refractivity contribution < 1.29 is 10.0 Å². The second kappa shape index (κ2) is 7.15. The first-order chi connectivity index (χ1) is 7.00. The van der Waals surface area contributed by atoms with E-state index in [1.807, 2.05) is 13.8 Å². The average molecular weight is 264 g/mol. The van der Waals surface area contributed by atoms with Crippen LogP contribution in [0, 0.1) is 0 Å². The molecule has 0 spiro atoms. The standard InChI is InChI=1S/C10H15BClNO2.ClH/c1-7(2)13-6-8-5-9(12)3-4-10(8)11(14)15;/h3-5,7,13-15H,6H2,1-2H3;1H. The quantitative estimate of drug-likeness (QED) is 0.709. The Morgan fingerprint density at radius 3 is 2.50 bits per heavy atom. The maximum absolute atomic E-state index is 9.15. The van der Waals surface area contributed by atoms with E-state index in [-0.39, 0.29) is 12.4 Å². The van der Waals surface area contributed by atoms with E-state index in [1.165, 1.54) is 0 Å². The molecule has 0 amide bonds. The van der Waals surface area contributed by atoms with Crippen LogP contribution in [-0.4, -0.2) is 23.2 Å². The summed E-state index contributed by atoms with van der Waals surface area (Å²) < 4.78 is 0. The van der Waals surface area contributed by atoms with Crippen LogP contribution in [-0.2, 0) is 6.54 Å². The van der Waals surface area contributed by atoms with Gasteiger partial charge in [-0.1, -0.05) is 31.5 Å². The van der Waals surface area contributed by atoms with Gasteiger partial charge in [-0.3, -0.25) is 0 Å². The zero-order valence-corrected chi connectivity index (χ0v) is 10.8. The Morgan fingerprint density at radius 1 is 1.38 bits per heavy atom. The van der Waals surface area contributed by atoms with Crippen molar-refractivity contribution in [2.24, 2.45) is 0 Å². The molecule has 6 heteroatoms. The van der Waals surface area contributed by atoms with Gasteiger partial charge in [0.25, 0.3) is 0 Å². The van der Waals surface area contributed by atoms with Crippen LogP contribution in [0.4, 0.5) is 0 Å². The molecule has 16 heavy (non-hydrogen) atoms. The molecule has 3 nitrogen and oxygen atoms in total. The predicted molar refractivity (Wildman–Crippen MR) is 70.5 cm³/mol. The Bertz CT molecular complexity index is 335. The third-order valence-electron chi connectivity index (χ3n) is 2.08. The molecule has 0 saturated heterocycles. The van der Waals surface area contributed by atoms with E-state index in [1.54, 1.807) is 18.2 Å². The lowest BCUT2D eigenvalue weighted by Gasteiger charge is -2.12. The molecule has 1 aromatic carbocycles. The molecular formula is C10H16BCl2NO2. The lowest BCUT2D eigenvalue weighted by Crippen LogP contribution is -2.35. The van der Waals surface area contributed by atoms with Crippen molar-refractivity contribution in [1.29, 1.82) is 0 Å². The number of benzene rings is 1. The summed E-state index contributed by atoms with van der Waals surface area (Å²) in [6.45, 7) is 4.63. The molecule has 90 valence electrons. The second-order valence-electron chi connectivity index (χ2n) is 3.75. The zero-order valence-electron chi connectivity index (χ0n) is 9.27. The van der Waals surface area contributed by atoms with Crippen LogP contribution in [0.2, 0.25) is 5.02 Å². The van der Waals surface area contributed by atoms with Crippen LogP contribution in [0.25, 0.3) is 0 Å². The average Bonchev–Trinajstić information content (AvgIpc) is 2.14. The molecule has 0 aliphatic rings. The summed E-state index contributed by atoms with van der Waals surface area (Å²) in [7, 11) is -1.45. The highest BCUT2D eigenvalue weighted by Gasteiger charge is 2.15. The Balaban J connectivity index is 0.00000225. The third kappa shape index (κ3) is 4.72. The highest BCUT2D eigenvalue weighted by atomic mass is 35.5. The highest BCUT2D eigenvalue weighted by molar-refractivity contribution is 6.59. The van der Waals surface area contributed by atoms with Gasteiger partial charge in [0, 0.05) is 17.6 Å². The van der Waals surface area contributed by atoms with Gasteiger partial charge in [0.2, 0.25) is 0 Å². The van der Waals surface area contributed by atoms with E-state index in [0.29, 0.717) is 23.1 Å². The van der Waals surface area contributed by atoms with Crippen LogP contribution in [0.5, 0.6) is 0 Å². The first kappa shape index (κ1) is 15.7. The predicted octanol–water partition coefficient (Wildman–Crippen LogP) is 0.940. The molecular weight excluding hydrogens is 248 g/mol. The first-order valence-corrected chi connectivity index (χ1v) is 5.26. The molecule has 0 aliphatic carbocycles. The Kier molecular flexibility index (Phi) is 7.03. The third-order valence-corrected chi connectivity index (χ3v) is 2.32. The molecule has 0 saturated carbocycles. The SMILES string of the molecule is CC(C)NCc1cc(Cl)ccc1B(O)O.Cl. The number of hydrogen-bond acceptors (Lipinski definition) is 3. The van der Waals surface area contributed by atoms with Crippen molar-refractivity contribution in [2.45, 2.75) is 26.4 Å². The van der Waals surface area contributed by atoms with E-state index < -0.39 is 7.12 Å². The second-order valence-corrected chi connectivity index (χ2v) is 4.19. The lowest BCUT2D eigenvalue weighted by atomic mass is 9.77. The van der Waals surface area contributed by atoms with E-state index in [0.717, 1.165) is 5.56 Å². The highest BCUT2D eigenvalue weighted by Crippen LogP contribution is 2.09. The van der Waals surface area contributed by atoms with Gasteiger partial charge in [-0.05, 0) is 23.2 Å². The van der Waals surface area contributed by atoms with Crippen molar-refractivity contribution in [3.63, 3.8) is 0 Å². The fraction of sp³-hybridized carbons (Fsp3) is 0.400. The molecule has 0 fully saturated rings. The summed E-state index contributed by atoms with van der Waals surface area (Å²) in [6, 6.07) is 5.36. The smallest absolute Gasteiger partial charge is 0.423 e. The molecule has 0 radical (unpaired) electrons. The van der Waals surface area contributed by atoms with Crippen LogP contribution in [0.3, 0.4) is 0 Å². The normalized spacial score (nSPS) is 10.1. The molecule has 3 N–H and O–H groups in total. The number of nitrogens with one attached hydrogen (secondary N) is 1. The van der Waals surface area contributed by atoms with Crippen LogP contribution < -0.4 is 10.8 Å². The van der Waals surface area contributed by atoms with Gasteiger partial charge in [-0.25, -0.2) is 0 Å². The minimum Gasteiger partial charge on any atom is -0.423 e. The van der Waals surface area contributed by atoms with E-state index in [4.69, 9.17) is 21.6 Å². The number of rotatable bonds is 4. The molecule has 0 heterocycles. The van der Waals surface area contributed by atoms with Crippen molar-refractivity contribution in [1.82, 2.24) is 5.32 Å². The number of hydrogen-bond donors (Lipinski definition) is 3. The summed E-state index contributed by atoms with van der Waals surface area (Å²) >= 11 is 5.85. The largest absolute Gasteiger partial charge is 0.488 e. The molecule has 0 atom stereocenters. The van der Waals surface area contributed by atoms with Gasteiger partial charge >= 0.3 is 7.12 Å². The van der Waals surface area contributed by atoms with E-state index >= 15 is 0 Å². The summed E-state index contributed by atoms with van der Waals surface area (Å²) in [5.74, 6) is 0. The Morgan fingerprint density at radius 2 is 2.00 bits per heavy atom. The minimum atomic E-state index is -1.45. The van der Waals surface area contributed by atoms with Crippen LogP contribution in [0.1, 0.15) is 19.4 Å². The van der Waals surface area contributed by atoms with E-state index in [2.05, 4.69) is 5.32 Å². The molecule has 1 rings (SSSR count). The lowest BCUT2D eigenvalue weighted by molar-refractivity contribution is 0.425. The summed E-state index contributed by atoms with van der Waals surface area (Å²) in [4.78, 5) is 0. The van der Waals surface area contributed by atoms with Gasteiger partial charge in [-0.15, -0.1) is 12.4 Å². The summed E-state index contributed by atoms with van der Waals surface area (Å²) in [5.41, 5.74) is 1.30. The van der Waals surface area contributed by atoms with Gasteiger partial charge in [0.15, 0.2) is 0 Å². The molecule has 0 bridgehead atoms. The summed E-state index contributed by atoms with van der Waals surface area (Å²) in [6.07, 6.45) is 0. The topological polar surface area (TPSA) is 52.5 Å². The van der Waals surface area contributed by atoms with Gasteiger partial charge in [0.1, 0.15) is 0 Å². The van der Waals surface area contributed by atoms with Crippen molar-refractivity contribution in [3.8, 4) is 0 Å². The molecule has 0 aliphatic heterocycles. The van der Waals surface area contributed by atoms with Gasteiger partial charge in [0.05, 0.1) is 0 Å². The fourth-order valence-electron chi connectivity index (χ4n) is 1.29. The van der Waals surface area contributed by atoms with Crippen molar-refractivity contribution in [3.05, 3.63) is 28.8 Å². The van der Waals surface area contributed by atoms with Crippen molar-refractivity contribution in [2.75, 3.05) is 0 Å². The minimum absolute atomic E-state index is 0. The Hall–Kier alpha value is -0.255. The summed E-state index contributed by atoms with van der Waals surface area (Å²) in [5, 5.41) is 22.1. The van der Waals surface area contributed by atoms with Crippen LogP contribution >= 0.6 is 24.0 Å². The van der Waals surface area contributed by atoms with Gasteiger partial charge < -0.3 is 15.4 Å². The van der Waals surface area contributed by atoms with Crippen molar-refractivity contribution >= 4 is 36.6 Å². The molecule has 0 aromatic heterocycles.